The number of halogens is 1. The quantitative estimate of drug-likeness (QED) is 0.602. The van der Waals surface area contributed by atoms with E-state index in [0.29, 0.717) is 24.8 Å². The van der Waals surface area contributed by atoms with Gasteiger partial charge in [0.1, 0.15) is 12.2 Å². The Morgan fingerprint density at radius 2 is 1.97 bits per heavy atom. The highest BCUT2D eigenvalue weighted by atomic mass is 32.2. The predicted octanol–water partition coefficient (Wildman–Crippen LogP) is 1.88. The summed E-state index contributed by atoms with van der Waals surface area (Å²) in [5.74, 6) is -2.60. The summed E-state index contributed by atoms with van der Waals surface area (Å²) in [7, 11) is -3.89. The fourth-order valence-corrected chi connectivity index (χ4v) is 7.73. The average Bonchev–Trinajstić information content (AvgIpc) is 2.89. The fourth-order valence-electron chi connectivity index (χ4n) is 7.41. The number of rotatable bonds is 4. The first-order valence-corrected chi connectivity index (χ1v) is 12.8. The molecule has 0 saturated heterocycles. The monoisotopic (exact) mass is 470 g/mol. The Kier molecular flexibility index (Phi) is 5.22. The number of allylic oxidation sites excluding steroid dienone is 4. The van der Waals surface area contributed by atoms with Gasteiger partial charge >= 0.3 is 0 Å². The van der Waals surface area contributed by atoms with E-state index in [2.05, 4.69) is 4.18 Å². The van der Waals surface area contributed by atoms with Crippen molar-refractivity contribution in [3.8, 4) is 0 Å². The maximum Gasteiger partial charge on any atom is 0.264 e. The summed E-state index contributed by atoms with van der Waals surface area (Å²) in [5.41, 5.74) is -5.67. The second-order valence-electron chi connectivity index (χ2n) is 10.6. The van der Waals surface area contributed by atoms with Gasteiger partial charge in [0.05, 0.1) is 12.4 Å². The molecule has 0 aliphatic heterocycles. The van der Waals surface area contributed by atoms with E-state index in [1.807, 2.05) is 0 Å². The Balaban J connectivity index is 1.75. The lowest BCUT2D eigenvalue weighted by atomic mass is 9.44. The summed E-state index contributed by atoms with van der Waals surface area (Å²) < 4.78 is 44.5. The van der Waals surface area contributed by atoms with Crippen LogP contribution in [0, 0.1) is 28.6 Å². The van der Waals surface area contributed by atoms with Gasteiger partial charge < -0.3 is 10.2 Å². The van der Waals surface area contributed by atoms with E-state index in [9.17, 15) is 28.2 Å². The molecule has 3 fully saturated rings. The Labute approximate surface area is 187 Å². The second kappa shape index (κ2) is 7.04. The molecular formula is C23H31FO7S. The molecule has 4 rings (SSSR count). The maximum atomic E-state index is 17.0. The van der Waals surface area contributed by atoms with Crippen LogP contribution in [-0.4, -0.2) is 60.4 Å². The van der Waals surface area contributed by atoms with Crippen LogP contribution >= 0.6 is 0 Å². The van der Waals surface area contributed by atoms with Crippen LogP contribution in [0.3, 0.4) is 0 Å². The number of aliphatic hydroxyl groups is 2. The predicted molar refractivity (Wildman–Crippen MR) is 114 cm³/mol. The molecule has 0 aromatic heterocycles. The number of hydrogen-bond acceptors (Lipinski definition) is 7. The minimum absolute atomic E-state index is 0.166. The van der Waals surface area contributed by atoms with Gasteiger partial charge in [-0.2, -0.15) is 8.42 Å². The molecule has 0 radical (unpaired) electrons. The summed E-state index contributed by atoms with van der Waals surface area (Å²) in [4.78, 5) is 25.0. The minimum Gasteiger partial charge on any atom is -0.390 e. The molecule has 2 N–H and O–H groups in total. The zero-order chi connectivity index (χ0) is 23.9. The van der Waals surface area contributed by atoms with Crippen LogP contribution in [0.1, 0.15) is 46.5 Å². The highest BCUT2D eigenvalue weighted by molar-refractivity contribution is 7.86. The molecule has 0 unspecified atom stereocenters. The SMILES string of the molecule is C[C@@H]1C[C@H]2[C@@H]3CCC4=CC(=O)C=C[C@]4(C)[C@]3(F)[C@H](O)C[C@]2(C)[C@@]1(O)C(=O)COS(C)(=O)=O. The number of ketones is 2. The molecule has 3 saturated carbocycles. The van der Waals surface area contributed by atoms with Gasteiger partial charge in [-0.05, 0) is 56.6 Å². The average molecular weight is 471 g/mol. The molecule has 178 valence electrons. The molecule has 0 bridgehead atoms. The van der Waals surface area contributed by atoms with Crippen LogP contribution < -0.4 is 0 Å². The van der Waals surface area contributed by atoms with E-state index in [1.54, 1.807) is 26.8 Å². The molecule has 8 atom stereocenters. The van der Waals surface area contributed by atoms with Crippen molar-refractivity contribution in [2.45, 2.75) is 63.8 Å². The Hall–Kier alpha value is -1.42. The normalized spacial score (nSPS) is 48.0. The smallest absolute Gasteiger partial charge is 0.264 e. The van der Waals surface area contributed by atoms with Crippen molar-refractivity contribution < 1.29 is 36.8 Å². The molecular weight excluding hydrogens is 439 g/mol. The molecule has 9 heteroatoms. The number of aliphatic hydroxyl groups excluding tert-OH is 1. The minimum atomic E-state index is -3.89. The fraction of sp³-hybridized carbons (Fsp3) is 0.739. The number of hydrogen-bond donors (Lipinski definition) is 2. The molecule has 4 aliphatic rings. The van der Waals surface area contributed by atoms with Gasteiger partial charge in [-0.3, -0.25) is 13.8 Å². The van der Waals surface area contributed by atoms with Crippen LogP contribution in [0.25, 0.3) is 0 Å². The molecule has 7 nitrogen and oxygen atoms in total. The number of carbonyl (C=O) groups excluding carboxylic acids is 2. The largest absolute Gasteiger partial charge is 0.390 e. The van der Waals surface area contributed by atoms with Crippen molar-refractivity contribution >= 4 is 21.7 Å². The Morgan fingerprint density at radius 1 is 1.31 bits per heavy atom. The van der Waals surface area contributed by atoms with Gasteiger partial charge in [-0.25, -0.2) is 4.39 Å². The summed E-state index contributed by atoms with van der Waals surface area (Å²) >= 11 is 0. The van der Waals surface area contributed by atoms with Crippen LogP contribution in [0.2, 0.25) is 0 Å². The third-order valence-corrected chi connectivity index (χ3v) is 9.60. The highest BCUT2D eigenvalue weighted by Crippen LogP contribution is 2.70. The third kappa shape index (κ3) is 2.90. The molecule has 0 aromatic carbocycles. The van der Waals surface area contributed by atoms with Crippen molar-refractivity contribution in [1.82, 2.24) is 0 Å². The van der Waals surface area contributed by atoms with Gasteiger partial charge in [-0.15, -0.1) is 0 Å². The maximum absolute atomic E-state index is 17.0. The topological polar surface area (TPSA) is 118 Å². The van der Waals surface area contributed by atoms with Crippen molar-refractivity contribution in [1.29, 1.82) is 0 Å². The molecule has 4 aliphatic carbocycles. The highest BCUT2D eigenvalue weighted by Gasteiger charge is 2.75. The van der Waals surface area contributed by atoms with Gasteiger partial charge in [-0.1, -0.05) is 25.5 Å². The molecule has 0 amide bonds. The van der Waals surface area contributed by atoms with Gasteiger partial charge in [0.15, 0.2) is 17.2 Å². The van der Waals surface area contributed by atoms with Crippen molar-refractivity contribution in [2.24, 2.45) is 28.6 Å². The van der Waals surface area contributed by atoms with E-state index >= 15 is 4.39 Å². The number of Topliss-reactive ketones (excluding diaryl/α,β-unsaturated/α-hetero) is 1. The first-order valence-electron chi connectivity index (χ1n) is 11.0. The summed E-state index contributed by atoms with van der Waals surface area (Å²) in [6.07, 6.45) is 4.75. The first kappa shape index (κ1) is 23.7. The number of carbonyl (C=O) groups is 2. The molecule has 0 aromatic rings. The van der Waals surface area contributed by atoms with Crippen LogP contribution in [0.4, 0.5) is 4.39 Å². The Morgan fingerprint density at radius 3 is 2.59 bits per heavy atom. The van der Waals surface area contributed by atoms with Crippen LogP contribution in [-0.2, 0) is 23.9 Å². The zero-order valence-electron chi connectivity index (χ0n) is 18.8. The lowest BCUT2D eigenvalue weighted by Gasteiger charge is -2.62. The van der Waals surface area contributed by atoms with E-state index in [0.717, 1.165) is 6.26 Å². The first-order chi connectivity index (χ1) is 14.6. The summed E-state index contributed by atoms with van der Waals surface area (Å²) in [6, 6.07) is 0. The van der Waals surface area contributed by atoms with Gasteiger partial charge in [0.25, 0.3) is 10.1 Å². The van der Waals surface area contributed by atoms with Gasteiger partial charge in [0.2, 0.25) is 0 Å². The molecule has 0 spiro atoms. The van der Waals surface area contributed by atoms with Crippen LogP contribution in [0.15, 0.2) is 23.8 Å². The van der Waals surface area contributed by atoms with E-state index in [4.69, 9.17) is 0 Å². The molecule has 0 heterocycles. The second-order valence-corrected chi connectivity index (χ2v) is 12.2. The van der Waals surface area contributed by atoms with Gasteiger partial charge in [0, 0.05) is 16.7 Å². The lowest BCUT2D eigenvalue weighted by Crippen LogP contribution is -2.69. The van der Waals surface area contributed by atoms with Crippen molar-refractivity contribution in [3.63, 3.8) is 0 Å². The Bertz CT molecular complexity index is 1030. The van der Waals surface area contributed by atoms with Crippen molar-refractivity contribution in [2.75, 3.05) is 12.9 Å². The van der Waals surface area contributed by atoms with E-state index in [-0.39, 0.29) is 12.2 Å². The van der Waals surface area contributed by atoms with Crippen LogP contribution in [0.5, 0.6) is 0 Å². The third-order valence-electron chi connectivity index (χ3n) is 9.05. The van der Waals surface area contributed by atoms with E-state index < -0.39 is 68.5 Å². The number of alkyl halides is 1. The standard InChI is InChI=1S/C23H31FO7S/c1-13-9-17-16-6-5-14-10-15(25)7-8-20(14,2)22(16,24)18(26)11-21(17,3)23(13,28)19(27)12-31-32(4,29)30/h7-8,10,13,16-18,26,28H,5-6,9,11-12H2,1-4H3/t13-,16+,17+,18-,20+,21+,22-,23+/m1/s1. The zero-order valence-corrected chi connectivity index (χ0v) is 19.6. The number of fused-ring (bicyclic) bond motifs is 5. The van der Waals surface area contributed by atoms with E-state index in [1.165, 1.54) is 12.2 Å². The lowest BCUT2D eigenvalue weighted by molar-refractivity contribution is -0.219. The summed E-state index contributed by atoms with van der Waals surface area (Å²) in [5, 5.41) is 22.9. The summed E-state index contributed by atoms with van der Waals surface area (Å²) in [6.45, 7) is 4.29. The van der Waals surface area contributed by atoms with Crippen molar-refractivity contribution in [3.05, 3.63) is 23.8 Å². The molecule has 32 heavy (non-hydrogen) atoms.